The van der Waals surface area contributed by atoms with E-state index in [9.17, 15) is 4.79 Å². The Bertz CT molecular complexity index is 423. The Hall–Kier alpha value is -1.26. The maximum absolute atomic E-state index is 11.8. The fourth-order valence-electron chi connectivity index (χ4n) is 1.85. The lowest BCUT2D eigenvalue weighted by Crippen LogP contribution is -2.22. The van der Waals surface area contributed by atoms with Gasteiger partial charge in [-0.2, -0.15) is 0 Å². The second kappa shape index (κ2) is 8.02. The Morgan fingerprint density at radius 1 is 1.42 bits per heavy atom. The molecule has 0 aliphatic heterocycles. The van der Waals surface area contributed by atoms with Crippen molar-refractivity contribution in [3.05, 3.63) is 23.2 Å². The number of nitrogen functional groups attached to an aromatic ring is 1. The summed E-state index contributed by atoms with van der Waals surface area (Å²) in [5.74, 6) is -0.0171. The molecule has 1 rings (SSSR count). The minimum absolute atomic E-state index is 0.0171. The van der Waals surface area contributed by atoms with Gasteiger partial charge >= 0.3 is 0 Å². The lowest BCUT2D eigenvalue weighted by Gasteiger charge is -2.15. The van der Waals surface area contributed by atoms with Crippen molar-refractivity contribution in [3.63, 3.8) is 0 Å². The summed E-state index contributed by atoms with van der Waals surface area (Å²) in [5.41, 5.74) is 6.80. The summed E-state index contributed by atoms with van der Waals surface area (Å²) in [4.78, 5) is 14.0. The summed E-state index contributed by atoms with van der Waals surface area (Å²) in [6, 6.07) is 5.07. The van der Waals surface area contributed by atoms with Crippen molar-refractivity contribution >= 4 is 28.9 Å². The summed E-state index contributed by atoms with van der Waals surface area (Å²) < 4.78 is 0. The van der Waals surface area contributed by atoms with E-state index in [-0.39, 0.29) is 5.91 Å². The first-order valence-corrected chi connectivity index (χ1v) is 6.94. The van der Waals surface area contributed by atoms with Crippen molar-refractivity contribution in [2.45, 2.75) is 26.2 Å². The van der Waals surface area contributed by atoms with Crippen LogP contribution in [0.3, 0.4) is 0 Å². The zero-order chi connectivity index (χ0) is 14.3. The summed E-state index contributed by atoms with van der Waals surface area (Å²) in [7, 11) is 2.07. The van der Waals surface area contributed by atoms with Crippen LogP contribution in [0, 0.1) is 0 Å². The van der Waals surface area contributed by atoms with E-state index >= 15 is 0 Å². The number of amides is 1. The summed E-state index contributed by atoms with van der Waals surface area (Å²) >= 11 is 6.00. The highest BCUT2D eigenvalue weighted by Gasteiger charge is 2.06. The Balaban J connectivity index is 2.35. The van der Waals surface area contributed by atoms with Crippen molar-refractivity contribution in [1.29, 1.82) is 0 Å². The molecule has 1 aromatic rings. The van der Waals surface area contributed by atoms with E-state index in [1.165, 1.54) is 0 Å². The third-order valence-electron chi connectivity index (χ3n) is 2.82. The molecule has 0 spiro atoms. The van der Waals surface area contributed by atoms with Gasteiger partial charge in [0.15, 0.2) is 0 Å². The largest absolute Gasteiger partial charge is 0.399 e. The van der Waals surface area contributed by atoms with E-state index in [2.05, 4.69) is 24.2 Å². The minimum atomic E-state index is -0.0171. The molecule has 5 heteroatoms. The quantitative estimate of drug-likeness (QED) is 0.757. The molecule has 0 radical (unpaired) electrons. The molecule has 1 aromatic carbocycles. The molecule has 0 aliphatic rings. The molecule has 0 heterocycles. The standard InChI is InChI=1S/C14H22ClN3O/c1-3-8-18(2)9-4-5-14(19)17-13-7-6-11(16)10-12(13)15/h6-7,10H,3-5,8-9,16H2,1-2H3,(H,17,19). The molecule has 0 saturated carbocycles. The zero-order valence-electron chi connectivity index (χ0n) is 11.6. The Labute approximate surface area is 119 Å². The number of hydrogen-bond donors (Lipinski definition) is 2. The normalized spacial score (nSPS) is 10.7. The predicted octanol–water partition coefficient (Wildman–Crippen LogP) is 2.98. The Morgan fingerprint density at radius 3 is 2.79 bits per heavy atom. The number of nitrogens with two attached hydrogens (primary N) is 1. The lowest BCUT2D eigenvalue weighted by molar-refractivity contribution is -0.116. The Morgan fingerprint density at radius 2 is 2.16 bits per heavy atom. The van der Waals surface area contributed by atoms with Crippen molar-refractivity contribution in [2.24, 2.45) is 0 Å². The second-order valence-electron chi connectivity index (χ2n) is 4.69. The molecule has 0 bridgehead atoms. The minimum Gasteiger partial charge on any atom is -0.399 e. The predicted molar refractivity (Wildman–Crippen MR) is 81.5 cm³/mol. The van der Waals surface area contributed by atoms with E-state index in [0.717, 1.165) is 25.9 Å². The van der Waals surface area contributed by atoms with Gasteiger partial charge in [0.2, 0.25) is 5.91 Å². The third kappa shape index (κ3) is 5.94. The molecule has 3 N–H and O–H groups in total. The van der Waals surface area contributed by atoms with Gasteiger partial charge < -0.3 is 16.0 Å². The number of carbonyl (C=O) groups is 1. The van der Waals surface area contributed by atoms with Crippen LogP contribution in [0.25, 0.3) is 0 Å². The number of nitrogens with zero attached hydrogens (tertiary/aromatic N) is 1. The van der Waals surface area contributed by atoms with E-state index in [1.807, 2.05) is 0 Å². The van der Waals surface area contributed by atoms with E-state index in [1.54, 1.807) is 18.2 Å². The van der Waals surface area contributed by atoms with Crippen molar-refractivity contribution < 1.29 is 4.79 Å². The van der Waals surface area contributed by atoms with Gasteiger partial charge in [0, 0.05) is 12.1 Å². The monoisotopic (exact) mass is 283 g/mol. The number of halogens is 1. The van der Waals surface area contributed by atoms with E-state index in [4.69, 9.17) is 17.3 Å². The topological polar surface area (TPSA) is 58.4 Å². The molecule has 4 nitrogen and oxygen atoms in total. The van der Waals surface area contributed by atoms with Crippen LogP contribution in [0.2, 0.25) is 5.02 Å². The molecule has 19 heavy (non-hydrogen) atoms. The maximum atomic E-state index is 11.8. The molecule has 0 saturated heterocycles. The summed E-state index contributed by atoms with van der Waals surface area (Å²) in [6.07, 6.45) is 2.47. The SMILES string of the molecule is CCCN(C)CCCC(=O)Nc1ccc(N)cc1Cl. The van der Waals surface area contributed by atoms with Gasteiger partial charge in [-0.15, -0.1) is 0 Å². The third-order valence-corrected chi connectivity index (χ3v) is 3.13. The molecule has 0 fully saturated rings. The van der Waals surface area contributed by atoms with Crippen molar-refractivity contribution in [3.8, 4) is 0 Å². The van der Waals surface area contributed by atoms with E-state index < -0.39 is 0 Å². The number of anilines is 2. The van der Waals surface area contributed by atoms with Gasteiger partial charge in [0.05, 0.1) is 10.7 Å². The first-order chi connectivity index (χ1) is 9.02. The number of benzene rings is 1. The van der Waals surface area contributed by atoms with Gasteiger partial charge in [0.1, 0.15) is 0 Å². The van der Waals surface area contributed by atoms with Gasteiger partial charge in [-0.3, -0.25) is 4.79 Å². The molecule has 0 atom stereocenters. The fraction of sp³-hybridized carbons (Fsp3) is 0.500. The zero-order valence-corrected chi connectivity index (χ0v) is 12.3. The van der Waals surface area contributed by atoms with Gasteiger partial charge in [-0.1, -0.05) is 18.5 Å². The molecular weight excluding hydrogens is 262 g/mol. The number of carbonyl (C=O) groups excluding carboxylic acids is 1. The number of nitrogens with one attached hydrogen (secondary N) is 1. The number of hydrogen-bond acceptors (Lipinski definition) is 3. The van der Waals surface area contributed by atoms with Crippen LogP contribution in [0.5, 0.6) is 0 Å². The summed E-state index contributed by atoms with van der Waals surface area (Å²) in [5, 5.41) is 3.27. The van der Waals surface area contributed by atoms with Gasteiger partial charge in [0.25, 0.3) is 0 Å². The van der Waals surface area contributed by atoms with Crippen molar-refractivity contribution in [2.75, 3.05) is 31.2 Å². The fourth-order valence-corrected chi connectivity index (χ4v) is 2.08. The van der Waals surface area contributed by atoms with Crippen LogP contribution in [0.15, 0.2) is 18.2 Å². The van der Waals surface area contributed by atoms with Crippen LogP contribution in [-0.2, 0) is 4.79 Å². The molecule has 0 aliphatic carbocycles. The van der Waals surface area contributed by atoms with Crippen LogP contribution in [0.4, 0.5) is 11.4 Å². The summed E-state index contributed by atoms with van der Waals surface area (Å²) in [6.45, 7) is 4.13. The maximum Gasteiger partial charge on any atom is 0.224 e. The average molecular weight is 284 g/mol. The molecule has 1 amide bonds. The average Bonchev–Trinajstić information content (AvgIpc) is 2.33. The van der Waals surface area contributed by atoms with Crippen LogP contribution >= 0.6 is 11.6 Å². The van der Waals surface area contributed by atoms with Crippen LogP contribution < -0.4 is 11.1 Å². The number of rotatable bonds is 7. The smallest absolute Gasteiger partial charge is 0.224 e. The highest BCUT2D eigenvalue weighted by Crippen LogP contribution is 2.24. The van der Waals surface area contributed by atoms with Gasteiger partial charge in [-0.05, 0) is 51.2 Å². The van der Waals surface area contributed by atoms with Crippen LogP contribution in [0.1, 0.15) is 26.2 Å². The molecule has 106 valence electrons. The first kappa shape index (κ1) is 15.8. The molecular formula is C14H22ClN3O. The second-order valence-corrected chi connectivity index (χ2v) is 5.10. The van der Waals surface area contributed by atoms with Crippen molar-refractivity contribution in [1.82, 2.24) is 4.90 Å². The highest BCUT2D eigenvalue weighted by molar-refractivity contribution is 6.34. The first-order valence-electron chi connectivity index (χ1n) is 6.56. The molecule has 0 unspecified atom stereocenters. The van der Waals surface area contributed by atoms with Gasteiger partial charge in [-0.25, -0.2) is 0 Å². The lowest BCUT2D eigenvalue weighted by atomic mass is 10.2. The van der Waals surface area contributed by atoms with Crippen LogP contribution in [-0.4, -0.2) is 30.9 Å². The molecule has 0 aromatic heterocycles. The van der Waals surface area contributed by atoms with E-state index in [0.29, 0.717) is 22.8 Å². The highest BCUT2D eigenvalue weighted by atomic mass is 35.5. The Kier molecular flexibility index (Phi) is 6.67.